The predicted molar refractivity (Wildman–Crippen MR) is 74.0 cm³/mol. The van der Waals surface area contributed by atoms with Crippen LogP contribution < -0.4 is 4.90 Å². The van der Waals surface area contributed by atoms with E-state index >= 15 is 0 Å². The van der Waals surface area contributed by atoms with E-state index in [1.54, 1.807) is 15.8 Å². The second kappa shape index (κ2) is 5.65. The molecule has 1 amide bonds. The third-order valence-corrected chi connectivity index (χ3v) is 3.03. The predicted octanol–water partition coefficient (Wildman–Crippen LogP) is 1.95. The van der Waals surface area contributed by atoms with Gasteiger partial charge in [-0.3, -0.25) is 4.79 Å². The van der Waals surface area contributed by atoms with Crippen molar-refractivity contribution in [3.05, 3.63) is 41.7 Å². The number of anilines is 1. The molecule has 0 spiro atoms. The number of benzene rings is 1. The number of carbonyl (C=O) groups excluding carboxylic acids is 1. The average molecular weight is 258 g/mol. The fourth-order valence-electron chi connectivity index (χ4n) is 1.98. The first-order chi connectivity index (χ1) is 9.11. The molecule has 0 saturated carbocycles. The van der Waals surface area contributed by atoms with Crippen molar-refractivity contribution in [1.29, 1.82) is 0 Å². The van der Waals surface area contributed by atoms with Crippen LogP contribution in [0.25, 0.3) is 0 Å². The topological polar surface area (TPSA) is 51.0 Å². The number of amides is 1. The average Bonchev–Trinajstić information content (AvgIpc) is 2.76. The summed E-state index contributed by atoms with van der Waals surface area (Å²) in [5.41, 5.74) is 2.94. The Morgan fingerprint density at radius 1 is 1.37 bits per heavy atom. The second-order valence-electron chi connectivity index (χ2n) is 4.51. The first-order valence-corrected chi connectivity index (χ1v) is 6.34. The van der Waals surface area contributed by atoms with Gasteiger partial charge in [0.05, 0.1) is 11.9 Å². The molecule has 0 bridgehead atoms. The summed E-state index contributed by atoms with van der Waals surface area (Å²) in [6, 6.07) is 7.93. The minimum atomic E-state index is 0.0155. The van der Waals surface area contributed by atoms with E-state index in [0.29, 0.717) is 6.54 Å². The lowest BCUT2D eigenvalue weighted by molar-refractivity contribution is -0.119. The number of carbonyl (C=O) groups is 1. The van der Waals surface area contributed by atoms with Crippen molar-refractivity contribution in [1.82, 2.24) is 15.0 Å². The molecule has 1 aromatic heterocycles. The van der Waals surface area contributed by atoms with Gasteiger partial charge >= 0.3 is 0 Å². The number of aryl methyl sites for hydroxylation is 2. The van der Waals surface area contributed by atoms with Gasteiger partial charge in [0.15, 0.2) is 0 Å². The fraction of sp³-hybridized carbons (Fsp3) is 0.357. The highest BCUT2D eigenvalue weighted by Gasteiger charge is 2.15. The summed E-state index contributed by atoms with van der Waals surface area (Å²) in [5.74, 6) is 0.0155. The zero-order chi connectivity index (χ0) is 13.8. The SMILES string of the molecule is CCN(C(=O)Cn1nncc1C)c1cccc(C)c1. The van der Waals surface area contributed by atoms with Crippen LogP contribution in [0.15, 0.2) is 30.5 Å². The first kappa shape index (κ1) is 13.3. The van der Waals surface area contributed by atoms with Crippen molar-refractivity contribution in [2.75, 3.05) is 11.4 Å². The third-order valence-electron chi connectivity index (χ3n) is 3.03. The Morgan fingerprint density at radius 3 is 2.74 bits per heavy atom. The summed E-state index contributed by atoms with van der Waals surface area (Å²) >= 11 is 0. The molecule has 0 fully saturated rings. The summed E-state index contributed by atoms with van der Waals surface area (Å²) in [5, 5.41) is 7.69. The van der Waals surface area contributed by atoms with E-state index in [1.807, 2.05) is 45.0 Å². The van der Waals surface area contributed by atoms with Gasteiger partial charge in [-0.2, -0.15) is 0 Å². The molecule has 0 radical (unpaired) electrons. The van der Waals surface area contributed by atoms with Crippen LogP contribution in [-0.2, 0) is 11.3 Å². The molecule has 100 valence electrons. The maximum Gasteiger partial charge on any atom is 0.248 e. The molecule has 0 saturated heterocycles. The minimum absolute atomic E-state index is 0.0155. The summed E-state index contributed by atoms with van der Waals surface area (Å²) < 4.78 is 1.61. The Labute approximate surface area is 112 Å². The lowest BCUT2D eigenvalue weighted by Crippen LogP contribution is -2.34. The maximum absolute atomic E-state index is 12.3. The van der Waals surface area contributed by atoms with Crippen LogP contribution in [0, 0.1) is 13.8 Å². The largest absolute Gasteiger partial charge is 0.311 e. The van der Waals surface area contributed by atoms with Crippen molar-refractivity contribution < 1.29 is 4.79 Å². The van der Waals surface area contributed by atoms with Crippen molar-refractivity contribution in [2.24, 2.45) is 0 Å². The molecule has 19 heavy (non-hydrogen) atoms. The molecule has 2 aromatic rings. The van der Waals surface area contributed by atoms with Gasteiger partial charge in [-0.15, -0.1) is 5.10 Å². The highest BCUT2D eigenvalue weighted by atomic mass is 16.2. The van der Waals surface area contributed by atoms with Gasteiger partial charge < -0.3 is 4.90 Å². The van der Waals surface area contributed by atoms with E-state index in [0.717, 1.165) is 16.9 Å². The Kier molecular flexibility index (Phi) is 3.94. The number of rotatable bonds is 4. The normalized spacial score (nSPS) is 10.5. The minimum Gasteiger partial charge on any atom is -0.311 e. The van der Waals surface area contributed by atoms with E-state index in [2.05, 4.69) is 10.3 Å². The number of hydrogen-bond acceptors (Lipinski definition) is 3. The summed E-state index contributed by atoms with van der Waals surface area (Å²) in [7, 11) is 0. The lowest BCUT2D eigenvalue weighted by Gasteiger charge is -2.21. The van der Waals surface area contributed by atoms with Crippen molar-refractivity contribution >= 4 is 11.6 Å². The molecule has 0 atom stereocenters. The molecule has 5 heteroatoms. The van der Waals surface area contributed by atoms with E-state index in [4.69, 9.17) is 0 Å². The van der Waals surface area contributed by atoms with Gasteiger partial charge in [-0.1, -0.05) is 17.3 Å². The summed E-state index contributed by atoms with van der Waals surface area (Å²) in [6.45, 7) is 6.72. The monoisotopic (exact) mass is 258 g/mol. The molecule has 0 N–H and O–H groups in total. The van der Waals surface area contributed by atoms with Crippen LogP contribution >= 0.6 is 0 Å². The smallest absolute Gasteiger partial charge is 0.248 e. The molecular weight excluding hydrogens is 240 g/mol. The standard InChI is InChI=1S/C14H18N4O/c1-4-17(13-7-5-6-11(2)8-13)14(19)10-18-12(3)9-15-16-18/h5-9H,4,10H2,1-3H3. The van der Waals surface area contributed by atoms with E-state index in [1.165, 1.54) is 0 Å². The Balaban J connectivity index is 2.18. The number of likely N-dealkylation sites (N-methyl/N-ethyl adjacent to an activating group) is 1. The van der Waals surface area contributed by atoms with Crippen LogP contribution in [0.2, 0.25) is 0 Å². The van der Waals surface area contributed by atoms with E-state index in [9.17, 15) is 4.79 Å². The van der Waals surface area contributed by atoms with Crippen LogP contribution in [-0.4, -0.2) is 27.4 Å². The summed E-state index contributed by atoms with van der Waals surface area (Å²) in [4.78, 5) is 14.1. The maximum atomic E-state index is 12.3. The van der Waals surface area contributed by atoms with Gasteiger partial charge in [0.1, 0.15) is 6.54 Å². The van der Waals surface area contributed by atoms with Gasteiger partial charge in [0, 0.05) is 12.2 Å². The molecule has 0 aliphatic rings. The van der Waals surface area contributed by atoms with Crippen LogP contribution in [0.1, 0.15) is 18.2 Å². The van der Waals surface area contributed by atoms with Crippen LogP contribution in [0.5, 0.6) is 0 Å². The van der Waals surface area contributed by atoms with Crippen molar-refractivity contribution in [2.45, 2.75) is 27.3 Å². The summed E-state index contributed by atoms with van der Waals surface area (Å²) in [6.07, 6.45) is 1.65. The molecule has 1 aromatic carbocycles. The molecule has 0 unspecified atom stereocenters. The molecule has 2 rings (SSSR count). The van der Waals surface area contributed by atoms with Gasteiger partial charge in [0.25, 0.3) is 0 Å². The Hall–Kier alpha value is -2.17. The lowest BCUT2D eigenvalue weighted by atomic mass is 10.2. The number of hydrogen-bond donors (Lipinski definition) is 0. The molecule has 5 nitrogen and oxygen atoms in total. The molecule has 0 aliphatic carbocycles. The molecule has 0 aliphatic heterocycles. The van der Waals surface area contributed by atoms with Gasteiger partial charge in [-0.25, -0.2) is 4.68 Å². The Morgan fingerprint density at radius 2 is 2.16 bits per heavy atom. The highest BCUT2D eigenvalue weighted by molar-refractivity contribution is 5.93. The molecular formula is C14H18N4O. The van der Waals surface area contributed by atoms with E-state index < -0.39 is 0 Å². The zero-order valence-electron chi connectivity index (χ0n) is 11.5. The van der Waals surface area contributed by atoms with E-state index in [-0.39, 0.29) is 12.5 Å². The zero-order valence-corrected chi connectivity index (χ0v) is 11.5. The first-order valence-electron chi connectivity index (χ1n) is 6.34. The van der Waals surface area contributed by atoms with Crippen molar-refractivity contribution in [3.63, 3.8) is 0 Å². The molecule has 1 heterocycles. The van der Waals surface area contributed by atoms with Gasteiger partial charge in [0.2, 0.25) is 5.91 Å². The van der Waals surface area contributed by atoms with Crippen molar-refractivity contribution in [3.8, 4) is 0 Å². The highest BCUT2D eigenvalue weighted by Crippen LogP contribution is 2.16. The number of aromatic nitrogens is 3. The van der Waals surface area contributed by atoms with Crippen LogP contribution in [0.4, 0.5) is 5.69 Å². The third kappa shape index (κ3) is 2.99. The fourth-order valence-corrected chi connectivity index (χ4v) is 1.98. The van der Waals surface area contributed by atoms with Crippen LogP contribution in [0.3, 0.4) is 0 Å². The second-order valence-corrected chi connectivity index (χ2v) is 4.51. The number of nitrogens with zero attached hydrogens (tertiary/aromatic N) is 4. The quantitative estimate of drug-likeness (QED) is 0.842. The Bertz CT molecular complexity index is 576. The van der Waals surface area contributed by atoms with Gasteiger partial charge in [-0.05, 0) is 38.5 Å².